The monoisotopic (exact) mass is 432 g/mol. The minimum atomic E-state index is -4.50. The number of halogens is 3. The lowest BCUT2D eigenvalue weighted by Gasteiger charge is -2.30. The molecule has 1 N–H and O–H groups in total. The van der Waals surface area contributed by atoms with Crippen molar-refractivity contribution in [3.8, 4) is 0 Å². The average molecular weight is 432 g/mol. The van der Waals surface area contributed by atoms with Gasteiger partial charge in [-0.3, -0.25) is 4.79 Å². The fourth-order valence-corrected chi connectivity index (χ4v) is 6.03. The number of nitrogens with one attached hydrogen (secondary N) is 1. The van der Waals surface area contributed by atoms with Crippen LogP contribution in [0.25, 0.3) is 0 Å². The number of sulfonamides is 1. The maximum Gasteiger partial charge on any atom is 0.416 e. The van der Waals surface area contributed by atoms with E-state index in [9.17, 15) is 26.4 Å². The summed E-state index contributed by atoms with van der Waals surface area (Å²) in [4.78, 5) is 13.4. The number of anilines is 1. The SMILES string of the molecule is Cc1ccc(S(=O)(=O)N2CCCC(C(=O)Nc3cccc(C(F)(F)F)c3)C2)s1. The Hall–Kier alpha value is -1.91. The number of carbonyl (C=O) groups excluding carboxylic acids is 1. The smallest absolute Gasteiger partial charge is 0.326 e. The molecule has 0 saturated carbocycles. The molecule has 2 aromatic rings. The second kappa shape index (κ2) is 7.84. The summed E-state index contributed by atoms with van der Waals surface area (Å²) < 4.78 is 65.5. The van der Waals surface area contributed by atoms with Crippen molar-refractivity contribution in [3.63, 3.8) is 0 Å². The van der Waals surface area contributed by atoms with Gasteiger partial charge in [0, 0.05) is 23.7 Å². The molecule has 1 aromatic carbocycles. The first kappa shape index (κ1) is 20.8. The van der Waals surface area contributed by atoms with Gasteiger partial charge in [-0.2, -0.15) is 17.5 Å². The van der Waals surface area contributed by atoms with Crippen LogP contribution in [0.5, 0.6) is 0 Å². The van der Waals surface area contributed by atoms with E-state index >= 15 is 0 Å². The summed E-state index contributed by atoms with van der Waals surface area (Å²) in [6.07, 6.45) is -3.53. The lowest BCUT2D eigenvalue weighted by Crippen LogP contribution is -2.43. The van der Waals surface area contributed by atoms with Crippen LogP contribution >= 0.6 is 11.3 Å². The number of alkyl halides is 3. The van der Waals surface area contributed by atoms with E-state index in [2.05, 4.69) is 5.32 Å². The maximum atomic E-state index is 12.8. The molecule has 10 heteroatoms. The van der Waals surface area contributed by atoms with Crippen LogP contribution in [0.3, 0.4) is 0 Å². The van der Waals surface area contributed by atoms with Crippen molar-refractivity contribution < 1.29 is 26.4 Å². The van der Waals surface area contributed by atoms with E-state index in [1.54, 1.807) is 12.1 Å². The molecular formula is C18H19F3N2O3S2. The number of benzene rings is 1. The standard InChI is InChI=1S/C18H19F3N2O3S2/c1-12-7-8-16(27-12)28(25,26)23-9-3-4-13(11-23)17(24)22-15-6-2-5-14(10-15)18(19,20)21/h2,5-8,10,13H,3-4,9,11H2,1H3,(H,22,24). The van der Waals surface area contributed by atoms with Gasteiger partial charge >= 0.3 is 6.18 Å². The number of piperidine rings is 1. The van der Waals surface area contributed by atoms with Gasteiger partial charge in [0.2, 0.25) is 5.91 Å². The Balaban J connectivity index is 1.71. The van der Waals surface area contributed by atoms with Crippen molar-refractivity contribution in [2.45, 2.75) is 30.2 Å². The highest BCUT2D eigenvalue weighted by molar-refractivity contribution is 7.91. The highest BCUT2D eigenvalue weighted by Gasteiger charge is 2.34. The van der Waals surface area contributed by atoms with Crippen LogP contribution in [0.1, 0.15) is 23.3 Å². The van der Waals surface area contributed by atoms with Crippen LogP contribution in [-0.2, 0) is 21.0 Å². The summed E-state index contributed by atoms with van der Waals surface area (Å²) in [7, 11) is -3.68. The lowest BCUT2D eigenvalue weighted by molar-refractivity contribution is -0.137. The van der Waals surface area contributed by atoms with Gasteiger partial charge in [-0.25, -0.2) is 8.42 Å². The van der Waals surface area contributed by atoms with Crippen LogP contribution in [0.15, 0.2) is 40.6 Å². The normalized spacial score (nSPS) is 18.8. The molecule has 1 unspecified atom stereocenters. The zero-order valence-corrected chi connectivity index (χ0v) is 16.6. The first-order valence-electron chi connectivity index (χ1n) is 8.62. The van der Waals surface area contributed by atoms with Gasteiger partial charge in [-0.15, -0.1) is 11.3 Å². The second-order valence-electron chi connectivity index (χ2n) is 6.64. The number of rotatable bonds is 4. The summed E-state index contributed by atoms with van der Waals surface area (Å²) in [5.41, 5.74) is -0.820. The number of amides is 1. The molecule has 28 heavy (non-hydrogen) atoms. The van der Waals surface area contributed by atoms with Gasteiger partial charge in [-0.05, 0) is 50.1 Å². The molecule has 152 valence electrons. The number of nitrogens with zero attached hydrogens (tertiary/aromatic N) is 1. The van der Waals surface area contributed by atoms with Gasteiger partial charge < -0.3 is 5.32 Å². The third-order valence-corrected chi connectivity index (χ3v) is 7.86. The maximum absolute atomic E-state index is 12.8. The summed E-state index contributed by atoms with van der Waals surface area (Å²) in [6, 6.07) is 7.65. The van der Waals surface area contributed by atoms with E-state index in [0.717, 1.165) is 17.0 Å². The predicted octanol–water partition coefficient (Wildman–Crippen LogP) is 4.11. The van der Waals surface area contributed by atoms with Gasteiger partial charge in [0.1, 0.15) is 4.21 Å². The minimum Gasteiger partial charge on any atom is -0.326 e. The lowest BCUT2D eigenvalue weighted by atomic mass is 9.98. The second-order valence-corrected chi connectivity index (χ2v) is 10.1. The third kappa shape index (κ3) is 4.56. The molecule has 1 aliphatic rings. The van der Waals surface area contributed by atoms with Crippen molar-refractivity contribution in [2.24, 2.45) is 5.92 Å². The van der Waals surface area contributed by atoms with Crippen molar-refractivity contribution in [3.05, 3.63) is 46.8 Å². The molecule has 5 nitrogen and oxygen atoms in total. The van der Waals surface area contributed by atoms with Crippen molar-refractivity contribution in [1.29, 1.82) is 0 Å². The Morgan fingerprint density at radius 1 is 1.25 bits per heavy atom. The number of hydrogen-bond donors (Lipinski definition) is 1. The number of thiophene rings is 1. The van der Waals surface area contributed by atoms with Crippen LogP contribution in [0.4, 0.5) is 18.9 Å². The van der Waals surface area contributed by atoms with Crippen LogP contribution in [0, 0.1) is 12.8 Å². The van der Waals surface area contributed by atoms with Crippen LogP contribution in [0.2, 0.25) is 0 Å². The van der Waals surface area contributed by atoms with E-state index < -0.39 is 33.6 Å². The summed E-state index contributed by atoms with van der Waals surface area (Å²) in [5, 5.41) is 2.48. The summed E-state index contributed by atoms with van der Waals surface area (Å²) in [6.45, 7) is 2.13. The van der Waals surface area contributed by atoms with Crippen molar-refractivity contribution in [1.82, 2.24) is 4.31 Å². The van der Waals surface area contributed by atoms with Crippen LogP contribution in [-0.4, -0.2) is 31.7 Å². The molecule has 1 atom stereocenters. The topological polar surface area (TPSA) is 66.5 Å². The minimum absolute atomic E-state index is 0.00404. The fourth-order valence-electron chi connectivity index (χ4n) is 3.07. The average Bonchev–Trinajstić information content (AvgIpc) is 3.08. The molecular weight excluding hydrogens is 413 g/mol. The first-order chi connectivity index (χ1) is 13.1. The highest BCUT2D eigenvalue weighted by Crippen LogP contribution is 2.31. The Morgan fingerprint density at radius 3 is 2.64 bits per heavy atom. The van der Waals surface area contributed by atoms with Gasteiger partial charge in [0.25, 0.3) is 10.0 Å². The molecule has 3 rings (SSSR count). The van der Waals surface area contributed by atoms with E-state index in [4.69, 9.17) is 0 Å². The molecule has 2 heterocycles. The summed E-state index contributed by atoms with van der Waals surface area (Å²) in [5.74, 6) is -1.11. The Labute approximate surface area is 165 Å². The van der Waals surface area contributed by atoms with E-state index in [1.807, 2.05) is 6.92 Å². The quantitative estimate of drug-likeness (QED) is 0.791. The largest absolute Gasteiger partial charge is 0.416 e. The number of aryl methyl sites for hydroxylation is 1. The van der Waals surface area contributed by atoms with Crippen molar-refractivity contribution in [2.75, 3.05) is 18.4 Å². The van der Waals surface area contributed by atoms with E-state index in [0.29, 0.717) is 19.4 Å². The first-order valence-corrected chi connectivity index (χ1v) is 10.9. The molecule has 0 radical (unpaired) electrons. The molecule has 1 amide bonds. The molecule has 1 saturated heterocycles. The van der Waals surface area contributed by atoms with Gasteiger partial charge in [-0.1, -0.05) is 6.07 Å². The third-order valence-electron chi connectivity index (χ3n) is 4.52. The Kier molecular flexibility index (Phi) is 5.83. The van der Waals surface area contributed by atoms with Crippen molar-refractivity contribution >= 4 is 33.0 Å². The van der Waals surface area contributed by atoms with Gasteiger partial charge in [0.05, 0.1) is 11.5 Å². The molecule has 1 aromatic heterocycles. The molecule has 0 aliphatic carbocycles. The summed E-state index contributed by atoms with van der Waals surface area (Å²) >= 11 is 1.17. The fraction of sp³-hybridized carbons (Fsp3) is 0.389. The van der Waals surface area contributed by atoms with Gasteiger partial charge in [0.15, 0.2) is 0 Å². The highest BCUT2D eigenvalue weighted by atomic mass is 32.2. The number of carbonyl (C=O) groups is 1. The van der Waals surface area contributed by atoms with E-state index in [-0.39, 0.29) is 16.4 Å². The molecule has 1 fully saturated rings. The predicted molar refractivity (Wildman–Crippen MR) is 101 cm³/mol. The van der Waals surface area contributed by atoms with E-state index in [1.165, 1.54) is 27.8 Å². The molecule has 0 bridgehead atoms. The number of hydrogen-bond acceptors (Lipinski definition) is 4. The zero-order chi connectivity index (χ0) is 20.5. The van der Waals surface area contributed by atoms with Crippen LogP contribution < -0.4 is 5.32 Å². The zero-order valence-electron chi connectivity index (χ0n) is 15.0. The molecule has 1 aliphatic heterocycles. The molecule has 0 spiro atoms. The Morgan fingerprint density at radius 2 is 2.00 bits per heavy atom. The Bertz CT molecular complexity index is 970.